The molecular weight excluding hydrogens is 376 g/mol. The Bertz CT molecular complexity index is 877. The van der Waals surface area contributed by atoms with Crippen molar-refractivity contribution < 1.29 is 14.3 Å². The molecule has 1 aliphatic heterocycles. The fourth-order valence-corrected chi connectivity index (χ4v) is 3.90. The third-order valence-electron chi connectivity index (χ3n) is 4.97. The molecule has 1 heterocycles. The van der Waals surface area contributed by atoms with E-state index in [0.29, 0.717) is 35.1 Å². The van der Waals surface area contributed by atoms with Crippen LogP contribution in [0, 0.1) is 19.8 Å². The van der Waals surface area contributed by atoms with Gasteiger partial charge in [0, 0.05) is 24.3 Å². The van der Waals surface area contributed by atoms with Gasteiger partial charge in [0.05, 0.1) is 18.1 Å². The standard InChI is InChI=1S/C22H25ClN2O3/c1-14-9-15(2)11-17(10-14)22(27)25-8-4-5-16(13-25)21(26)24-18-6-7-20(28-3)19(23)12-18/h6-7,9-12,16H,4-5,8,13H2,1-3H3,(H,24,26)/t16-/m1/s1. The maximum absolute atomic E-state index is 12.9. The molecule has 6 heteroatoms. The number of hydrogen-bond acceptors (Lipinski definition) is 3. The lowest BCUT2D eigenvalue weighted by molar-refractivity contribution is -0.121. The van der Waals surface area contributed by atoms with E-state index in [4.69, 9.17) is 16.3 Å². The summed E-state index contributed by atoms with van der Waals surface area (Å²) in [6.07, 6.45) is 1.56. The summed E-state index contributed by atoms with van der Waals surface area (Å²) in [7, 11) is 1.54. The normalized spacial score (nSPS) is 16.6. The van der Waals surface area contributed by atoms with Crippen molar-refractivity contribution in [3.05, 3.63) is 58.1 Å². The molecule has 1 fully saturated rings. The van der Waals surface area contributed by atoms with Gasteiger partial charge in [0.2, 0.25) is 5.91 Å². The molecule has 1 saturated heterocycles. The quantitative estimate of drug-likeness (QED) is 0.824. The number of amides is 2. The first-order chi connectivity index (χ1) is 13.4. The molecule has 148 valence electrons. The first-order valence-corrected chi connectivity index (χ1v) is 9.77. The van der Waals surface area contributed by atoms with Gasteiger partial charge in [-0.15, -0.1) is 0 Å². The fourth-order valence-electron chi connectivity index (χ4n) is 3.64. The number of benzene rings is 2. The molecule has 3 rings (SSSR count). The van der Waals surface area contributed by atoms with Crippen molar-refractivity contribution in [2.75, 3.05) is 25.5 Å². The Balaban J connectivity index is 1.67. The van der Waals surface area contributed by atoms with Gasteiger partial charge in [0.15, 0.2) is 0 Å². The molecule has 1 N–H and O–H groups in total. The highest BCUT2D eigenvalue weighted by molar-refractivity contribution is 6.32. The van der Waals surface area contributed by atoms with E-state index in [1.807, 2.05) is 32.0 Å². The van der Waals surface area contributed by atoms with Crippen LogP contribution >= 0.6 is 11.6 Å². The number of carbonyl (C=O) groups excluding carboxylic acids is 2. The Morgan fingerprint density at radius 2 is 1.86 bits per heavy atom. The second kappa shape index (κ2) is 8.65. The number of piperidine rings is 1. The number of anilines is 1. The van der Waals surface area contributed by atoms with E-state index in [1.54, 1.807) is 30.2 Å². The zero-order valence-electron chi connectivity index (χ0n) is 16.4. The van der Waals surface area contributed by atoms with Crippen LogP contribution in [0.15, 0.2) is 36.4 Å². The van der Waals surface area contributed by atoms with E-state index >= 15 is 0 Å². The van der Waals surface area contributed by atoms with Gasteiger partial charge in [-0.05, 0) is 57.0 Å². The minimum atomic E-state index is -0.246. The largest absolute Gasteiger partial charge is 0.495 e. The monoisotopic (exact) mass is 400 g/mol. The predicted molar refractivity (Wildman–Crippen MR) is 111 cm³/mol. The SMILES string of the molecule is COc1ccc(NC(=O)[C@@H]2CCCN(C(=O)c3cc(C)cc(C)c3)C2)cc1Cl. The van der Waals surface area contributed by atoms with E-state index in [0.717, 1.165) is 24.0 Å². The number of methoxy groups -OCH3 is 1. The van der Waals surface area contributed by atoms with Gasteiger partial charge in [-0.2, -0.15) is 0 Å². The molecule has 0 aromatic heterocycles. The van der Waals surface area contributed by atoms with Crippen molar-refractivity contribution in [1.29, 1.82) is 0 Å². The fraction of sp³-hybridized carbons (Fsp3) is 0.364. The number of carbonyl (C=O) groups is 2. The number of aryl methyl sites for hydroxylation is 2. The lowest BCUT2D eigenvalue weighted by Gasteiger charge is -2.32. The number of rotatable bonds is 4. The molecular formula is C22H25ClN2O3. The summed E-state index contributed by atoms with van der Waals surface area (Å²) in [4.78, 5) is 27.4. The zero-order valence-corrected chi connectivity index (χ0v) is 17.2. The summed E-state index contributed by atoms with van der Waals surface area (Å²) in [5.41, 5.74) is 3.42. The zero-order chi connectivity index (χ0) is 20.3. The highest BCUT2D eigenvalue weighted by atomic mass is 35.5. The number of hydrogen-bond donors (Lipinski definition) is 1. The van der Waals surface area contributed by atoms with Crippen LogP contribution in [0.1, 0.15) is 34.3 Å². The molecule has 0 aliphatic carbocycles. The van der Waals surface area contributed by atoms with Crippen LogP contribution in [0.5, 0.6) is 5.75 Å². The smallest absolute Gasteiger partial charge is 0.253 e. The molecule has 2 aromatic carbocycles. The topological polar surface area (TPSA) is 58.6 Å². The molecule has 0 bridgehead atoms. The molecule has 28 heavy (non-hydrogen) atoms. The van der Waals surface area contributed by atoms with E-state index in [1.165, 1.54) is 0 Å². The lowest BCUT2D eigenvalue weighted by Crippen LogP contribution is -2.43. The van der Waals surface area contributed by atoms with Gasteiger partial charge in [0.1, 0.15) is 5.75 Å². The third-order valence-corrected chi connectivity index (χ3v) is 5.26. The molecule has 0 spiro atoms. The second-order valence-electron chi connectivity index (χ2n) is 7.31. The van der Waals surface area contributed by atoms with Gasteiger partial charge in [-0.1, -0.05) is 28.8 Å². The Morgan fingerprint density at radius 3 is 2.50 bits per heavy atom. The summed E-state index contributed by atoms with van der Waals surface area (Å²) < 4.78 is 5.13. The van der Waals surface area contributed by atoms with Crippen LogP contribution in [0.2, 0.25) is 5.02 Å². The molecule has 2 aromatic rings. The van der Waals surface area contributed by atoms with Crippen molar-refractivity contribution in [2.24, 2.45) is 5.92 Å². The number of halogens is 1. The summed E-state index contributed by atoms with van der Waals surface area (Å²) in [5, 5.41) is 3.34. The summed E-state index contributed by atoms with van der Waals surface area (Å²) >= 11 is 6.13. The van der Waals surface area contributed by atoms with Crippen LogP contribution in [-0.4, -0.2) is 36.9 Å². The van der Waals surface area contributed by atoms with Crippen molar-refractivity contribution >= 4 is 29.1 Å². The van der Waals surface area contributed by atoms with E-state index in [2.05, 4.69) is 5.32 Å². The molecule has 0 unspecified atom stereocenters. The number of nitrogens with one attached hydrogen (secondary N) is 1. The number of likely N-dealkylation sites (tertiary alicyclic amines) is 1. The maximum Gasteiger partial charge on any atom is 0.253 e. The number of nitrogens with zero attached hydrogens (tertiary/aromatic N) is 1. The Labute approximate surface area is 170 Å². The Hall–Kier alpha value is -2.53. The van der Waals surface area contributed by atoms with Crippen molar-refractivity contribution in [3.63, 3.8) is 0 Å². The van der Waals surface area contributed by atoms with Crippen LogP contribution in [0.4, 0.5) is 5.69 Å². The van der Waals surface area contributed by atoms with Crippen LogP contribution in [0.25, 0.3) is 0 Å². The van der Waals surface area contributed by atoms with Gasteiger partial charge in [-0.3, -0.25) is 9.59 Å². The van der Waals surface area contributed by atoms with Crippen molar-refractivity contribution in [2.45, 2.75) is 26.7 Å². The summed E-state index contributed by atoms with van der Waals surface area (Å²) in [6.45, 7) is 5.05. The predicted octanol–water partition coefficient (Wildman–Crippen LogP) is 4.46. The minimum Gasteiger partial charge on any atom is -0.495 e. The van der Waals surface area contributed by atoms with Crippen molar-refractivity contribution in [3.8, 4) is 5.75 Å². The minimum absolute atomic E-state index is 0.0169. The molecule has 0 radical (unpaired) electrons. The molecule has 2 amide bonds. The summed E-state index contributed by atoms with van der Waals surface area (Å²) in [6, 6.07) is 11.0. The molecule has 5 nitrogen and oxygen atoms in total. The van der Waals surface area contributed by atoms with Crippen LogP contribution < -0.4 is 10.1 Å². The van der Waals surface area contributed by atoms with E-state index in [-0.39, 0.29) is 17.7 Å². The Kier molecular flexibility index (Phi) is 6.25. The highest BCUT2D eigenvalue weighted by Gasteiger charge is 2.29. The number of ether oxygens (including phenoxy) is 1. The first kappa shape index (κ1) is 20.2. The second-order valence-corrected chi connectivity index (χ2v) is 7.71. The highest BCUT2D eigenvalue weighted by Crippen LogP contribution is 2.28. The van der Waals surface area contributed by atoms with Crippen molar-refractivity contribution in [1.82, 2.24) is 4.90 Å². The van der Waals surface area contributed by atoms with E-state index < -0.39 is 0 Å². The first-order valence-electron chi connectivity index (χ1n) is 9.39. The molecule has 1 aliphatic rings. The van der Waals surface area contributed by atoms with Crippen LogP contribution in [-0.2, 0) is 4.79 Å². The Morgan fingerprint density at radius 1 is 1.14 bits per heavy atom. The van der Waals surface area contributed by atoms with Crippen LogP contribution in [0.3, 0.4) is 0 Å². The van der Waals surface area contributed by atoms with E-state index in [9.17, 15) is 9.59 Å². The van der Waals surface area contributed by atoms with Gasteiger partial charge >= 0.3 is 0 Å². The third kappa shape index (κ3) is 4.65. The lowest BCUT2D eigenvalue weighted by atomic mass is 9.96. The average molecular weight is 401 g/mol. The van der Waals surface area contributed by atoms with Gasteiger partial charge in [-0.25, -0.2) is 0 Å². The average Bonchev–Trinajstić information content (AvgIpc) is 2.67. The van der Waals surface area contributed by atoms with Gasteiger partial charge in [0.25, 0.3) is 5.91 Å². The van der Waals surface area contributed by atoms with Gasteiger partial charge < -0.3 is 15.0 Å². The summed E-state index contributed by atoms with van der Waals surface area (Å²) in [5.74, 6) is 0.197. The molecule has 0 saturated carbocycles. The molecule has 1 atom stereocenters. The maximum atomic E-state index is 12.9.